The van der Waals surface area contributed by atoms with Crippen molar-refractivity contribution in [1.29, 1.82) is 0 Å². The van der Waals surface area contributed by atoms with Crippen LogP contribution in [-0.2, 0) is 0 Å². The molecule has 22 heavy (non-hydrogen) atoms. The Hall–Kier alpha value is -1.72. The fourth-order valence-corrected chi connectivity index (χ4v) is 2.24. The third-order valence-corrected chi connectivity index (χ3v) is 3.52. The molecule has 4 heteroatoms. The molecule has 2 unspecified atom stereocenters. The Balaban J connectivity index is 1.56. The molecule has 0 aliphatic carbocycles. The van der Waals surface area contributed by atoms with E-state index in [1.807, 2.05) is 60.7 Å². The summed E-state index contributed by atoms with van der Waals surface area (Å²) in [6, 6.07) is 19.2. The van der Waals surface area contributed by atoms with Gasteiger partial charge >= 0.3 is 0 Å². The number of nitrogens with one attached hydrogen (secondary N) is 2. The van der Waals surface area contributed by atoms with Gasteiger partial charge in [-0.1, -0.05) is 60.7 Å². The van der Waals surface area contributed by atoms with Crippen LogP contribution in [0.4, 0.5) is 0 Å². The Morgan fingerprint density at radius 3 is 1.36 bits per heavy atom. The summed E-state index contributed by atoms with van der Waals surface area (Å²) < 4.78 is 0. The van der Waals surface area contributed by atoms with Gasteiger partial charge < -0.3 is 20.8 Å². The molecular weight excluding hydrogens is 276 g/mol. The van der Waals surface area contributed by atoms with E-state index < -0.39 is 12.2 Å². The zero-order chi connectivity index (χ0) is 15.6. The van der Waals surface area contributed by atoms with Crippen molar-refractivity contribution in [3.8, 4) is 0 Å². The summed E-state index contributed by atoms with van der Waals surface area (Å²) in [5, 5.41) is 26.4. The molecule has 0 saturated carbocycles. The highest BCUT2D eigenvalue weighted by Gasteiger charge is 2.07. The Bertz CT molecular complexity index is 470. The second kappa shape index (κ2) is 9.33. The Kier molecular flexibility index (Phi) is 7.06. The smallest absolute Gasteiger partial charge is 0.0914 e. The summed E-state index contributed by atoms with van der Waals surface area (Å²) in [6.45, 7) is 2.52. The summed E-state index contributed by atoms with van der Waals surface area (Å²) in [5.41, 5.74) is 1.84. The predicted octanol–water partition coefficient (Wildman–Crippen LogP) is 1.63. The molecule has 0 amide bonds. The van der Waals surface area contributed by atoms with Gasteiger partial charge in [-0.25, -0.2) is 0 Å². The lowest BCUT2D eigenvalue weighted by molar-refractivity contribution is 0.170. The fourth-order valence-electron chi connectivity index (χ4n) is 2.24. The second-order valence-corrected chi connectivity index (χ2v) is 5.26. The molecule has 2 rings (SSSR count). The maximum absolute atomic E-state index is 9.99. The van der Waals surface area contributed by atoms with Gasteiger partial charge in [-0.05, 0) is 11.1 Å². The van der Waals surface area contributed by atoms with E-state index in [-0.39, 0.29) is 0 Å². The van der Waals surface area contributed by atoms with Crippen LogP contribution in [0.3, 0.4) is 0 Å². The first kappa shape index (κ1) is 16.6. The molecule has 0 saturated heterocycles. The van der Waals surface area contributed by atoms with Gasteiger partial charge in [0.05, 0.1) is 12.2 Å². The van der Waals surface area contributed by atoms with Crippen LogP contribution in [0.1, 0.15) is 23.3 Å². The van der Waals surface area contributed by atoms with Crippen LogP contribution in [0.5, 0.6) is 0 Å². The third kappa shape index (κ3) is 5.58. The molecule has 118 valence electrons. The summed E-state index contributed by atoms with van der Waals surface area (Å²) in [5.74, 6) is 0. The van der Waals surface area contributed by atoms with Gasteiger partial charge in [0.2, 0.25) is 0 Å². The lowest BCUT2D eigenvalue weighted by atomic mass is 10.1. The average molecular weight is 300 g/mol. The maximum Gasteiger partial charge on any atom is 0.0914 e. The van der Waals surface area contributed by atoms with Gasteiger partial charge in [0, 0.05) is 26.2 Å². The fraction of sp³-hybridized carbons (Fsp3) is 0.333. The molecule has 0 aromatic heterocycles. The first-order valence-electron chi connectivity index (χ1n) is 7.65. The van der Waals surface area contributed by atoms with Crippen LogP contribution in [-0.4, -0.2) is 36.4 Å². The molecule has 0 heterocycles. The van der Waals surface area contributed by atoms with Crippen molar-refractivity contribution in [2.45, 2.75) is 12.2 Å². The molecule has 0 aliphatic heterocycles. The number of hydrogen-bond acceptors (Lipinski definition) is 4. The Morgan fingerprint density at radius 2 is 1.00 bits per heavy atom. The summed E-state index contributed by atoms with van der Waals surface area (Å²) in [7, 11) is 0. The molecule has 0 bridgehead atoms. The monoisotopic (exact) mass is 300 g/mol. The van der Waals surface area contributed by atoms with Crippen molar-refractivity contribution < 1.29 is 10.2 Å². The third-order valence-electron chi connectivity index (χ3n) is 3.52. The van der Waals surface area contributed by atoms with Crippen molar-refractivity contribution >= 4 is 0 Å². The largest absolute Gasteiger partial charge is 0.387 e. The highest BCUT2D eigenvalue weighted by Crippen LogP contribution is 2.11. The van der Waals surface area contributed by atoms with Gasteiger partial charge in [0.25, 0.3) is 0 Å². The van der Waals surface area contributed by atoms with Crippen LogP contribution in [0.15, 0.2) is 60.7 Å². The van der Waals surface area contributed by atoms with Gasteiger partial charge in [-0.15, -0.1) is 0 Å². The van der Waals surface area contributed by atoms with E-state index in [1.165, 1.54) is 0 Å². The van der Waals surface area contributed by atoms with E-state index in [2.05, 4.69) is 10.6 Å². The number of benzene rings is 2. The molecule has 2 aromatic carbocycles. The lowest BCUT2D eigenvalue weighted by Gasteiger charge is -2.14. The van der Waals surface area contributed by atoms with Crippen LogP contribution in [0.25, 0.3) is 0 Å². The topological polar surface area (TPSA) is 64.5 Å². The minimum Gasteiger partial charge on any atom is -0.387 e. The molecule has 2 atom stereocenters. The van der Waals surface area contributed by atoms with Crippen molar-refractivity contribution in [2.75, 3.05) is 26.2 Å². The quantitative estimate of drug-likeness (QED) is 0.532. The molecule has 0 aliphatic rings. The normalized spacial score (nSPS) is 13.7. The summed E-state index contributed by atoms with van der Waals surface area (Å²) in [4.78, 5) is 0. The van der Waals surface area contributed by atoms with E-state index in [0.717, 1.165) is 24.2 Å². The zero-order valence-corrected chi connectivity index (χ0v) is 12.7. The molecule has 2 aromatic rings. The van der Waals surface area contributed by atoms with E-state index >= 15 is 0 Å². The van der Waals surface area contributed by atoms with Crippen molar-refractivity contribution in [2.24, 2.45) is 0 Å². The SMILES string of the molecule is OC(CNCCNCC(O)c1ccccc1)c1ccccc1. The Labute approximate surface area is 131 Å². The van der Waals surface area contributed by atoms with E-state index in [0.29, 0.717) is 13.1 Å². The predicted molar refractivity (Wildman–Crippen MR) is 88.5 cm³/mol. The molecule has 0 spiro atoms. The first-order chi connectivity index (χ1) is 10.8. The minimum absolute atomic E-state index is 0.490. The first-order valence-corrected chi connectivity index (χ1v) is 7.65. The van der Waals surface area contributed by atoms with Gasteiger partial charge in [0.1, 0.15) is 0 Å². The highest BCUT2D eigenvalue weighted by atomic mass is 16.3. The van der Waals surface area contributed by atoms with Crippen LogP contribution >= 0.6 is 0 Å². The number of rotatable bonds is 9. The number of hydrogen-bond donors (Lipinski definition) is 4. The molecule has 4 N–H and O–H groups in total. The molecule has 4 nitrogen and oxygen atoms in total. The van der Waals surface area contributed by atoms with Crippen LogP contribution < -0.4 is 10.6 Å². The minimum atomic E-state index is -0.490. The van der Waals surface area contributed by atoms with Gasteiger partial charge in [-0.3, -0.25) is 0 Å². The van der Waals surface area contributed by atoms with E-state index in [4.69, 9.17) is 0 Å². The Morgan fingerprint density at radius 1 is 0.636 bits per heavy atom. The van der Waals surface area contributed by atoms with Crippen molar-refractivity contribution in [1.82, 2.24) is 10.6 Å². The second-order valence-electron chi connectivity index (χ2n) is 5.26. The van der Waals surface area contributed by atoms with Crippen molar-refractivity contribution in [3.63, 3.8) is 0 Å². The van der Waals surface area contributed by atoms with Crippen LogP contribution in [0.2, 0.25) is 0 Å². The van der Waals surface area contributed by atoms with Gasteiger partial charge in [-0.2, -0.15) is 0 Å². The highest BCUT2D eigenvalue weighted by molar-refractivity contribution is 5.18. The van der Waals surface area contributed by atoms with E-state index in [9.17, 15) is 10.2 Å². The van der Waals surface area contributed by atoms with Gasteiger partial charge in [0.15, 0.2) is 0 Å². The summed E-state index contributed by atoms with van der Waals surface area (Å²) >= 11 is 0. The molecule has 0 fully saturated rings. The van der Waals surface area contributed by atoms with E-state index in [1.54, 1.807) is 0 Å². The van der Waals surface area contributed by atoms with Crippen LogP contribution in [0, 0.1) is 0 Å². The molecular formula is C18H24N2O2. The number of aliphatic hydroxyl groups excluding tert-OH is 2. The maximum atomic E-state index is 9.99. The average Bonchev–Trinajstić information content (AvgIpc) is 2.59. The summed E-state index contributed by atoms with van der Waals surface area (Å²) in [6.07, 6.45) is -0.979. The molecule has 0 radical (unpaired) electrons. The van der Waals surface area contributed by atoms with Crippen molar-refractivity contribution in [3.05, 3.63) is 71.8 Å². The zero-order valence-electron chi connectivity index (χ0n) is 12.7. The number of aliphatic hydroxyl groups is 2. The standard InChI is InChI=1S/C18H24N2O2/c21-17(15-7-3-1-4-8-15)13-19-11-12-20-14-18(22)16-9-5-2-6-10-16/h1-10,17-22H,11-14H2. The lowest BCUT2D eigenvalue weighted by Crippen LogP contribution is -2.32.